The van der Waals surface area contributed by atoms with E-state index in [9.17, 15) is 0 Å². The summed E-state index contributed by atoms with van der Waals surface area (Å²) in [6.45, 7) is 13.7. The minimum absolute atomic E-state index is 0.343. The summed E-state index contributed by atoms with van der Waals surface area (Å²) < 4.78 is 0. The van der Waals surface area contributed by atoms with Gasteiger partial charge in [0.25, 0.3) is 0 Å². The summed E-state index contributed by atoms with van der Waals surface area (Å²) in [6.07, 6.45) is 0. The van der Waals surface area contributed by atoms with E-state index in [0.717, 1.165) is 0 Å². The minimum Gasteiger partial charge on any atom is -0.0617 e. The van der Waals surface area contributed by atoms with Gasteiger partial charge in [-0.15, -0.1) is 0 Å². The molecule has 1 rings (SSSR count). The number of hydrogen-bond donors (Lipinski definition) is 0. The van der Waals surface area contributed by atoms with E-state index in [1.807, 2.05) is 0 Å². The van der Waals surface area contributed by atoms with E-state index in [4.69, 9.17) is 0 Å². The highest BCUT2D eigenvalue weighted by atomic mass is 14.3. The summed E-state index contributed by atoms with van der Waals surface area (Å²) in [5.74, 6) is 1.23. The van der Waals surface area contributed by atoms with Gasteiger partial charge in [0.2, 0.25) is 0 Å². The molecule has 0 saturated heterocycles. The second kappa shape index (κ2) is 4.38. The Kier molecular flexibility index (Phi) is 3.59. The van der Waals surface area contributed by atoms with Crippen molar-refractivity contribution in [2.75, 3.05) is 0 Å². The largest absolute Gasteiger partial charge is 0.0617 e. The first-order valence-corrected chi connectivity index (χ1v) is 5.92. The molecule has 0 unspecified atom stereocenters. The maximum absolute atomic E-state index is 2.36. The van der Waals surface area contributed by atoms with Crippen LogP contribution in [0.5, 0.6) is 0 Å². The molecule has 0 radical (unpaired) electrons. The number of hydrogen-bond acceptors (Lipinski definition) is 0. The Morgan fingerprint density at radius 2 is 1.47 bits per heavy atom. The Morgan fingerprint density at radius 1 is 0.933 bits per heavy atom. The fraction of sp³-hybridized carbons (Fsp3) is 0.600. The van der Waals surface area contributed by atoms with Crippen LogP contribution in [0.25, 0.3) is 0 Å². The van der Waals surface area contributed by atoms with Crippen LogP contribution < -0.4 is 0 Å². The molecule has 0 aliphatic rings. The van der Waals surface area contributed by atoms with E-state index in [0.29, 0.717) is 17.3 Å². The molecule has 0 amide bonds. The molecule has 1 aromatic rings. The van der Waals surface area contributed by atoms with Crippen LogP contribution in [0.15, 0.2) is 24.3 Å². The molecule has 0 bridgehead atoms. The third kappa shape index (κ3) is 3.09. The first kappa shape index (κ1) is 12.3. The van der Waals surface area contributed by atoms with Crippen LogP contribution in [-0.4, -0.2) is 0 Å². The number of benzene rings is 1. The molecule has 0 spiro atoms. The highest BCUT2D eigenvalue weighted by Gasteiger charge is 2.21. The van der Waals surface area contributed by atoms with Crippen LogP contribution in [0.2, 0.25) is 0 Å². The predicted octanol–water partition coefficient (Wildman–Crippen LogP) is 4.96. The van der Waals surface area contributed by atoms with Crippen LogP contribution in [-0.2, 0) is 0 Å². The Bertz CT molecular complexity index is 315. The zero-order chi connectivity index (χ0) is 11.6. The first-order valence-electron chi connectivity index (χ1n) is 5.92. The standard InChI is InChI=1S/C15H24/c1-11(2)13-8-7-9-14(10-13)12(3)15(4,5)6/h7-12H,1-6H3/t12-/m0/s1. The average Bonchev–Trinajstić information content (AvgIpc) is 2.15. The lowest BCUT2D eigenvalue weighted by molar-refractivity contribution is 0.339. The molecular weight excluding hydrogens is 180 g/mol. The van der Waals surface area contributed by atoms with Gasteiger partial charge in [-0.3, -0.25) is 0 Å². The fourth-order valence-electron chi connectivity index (χ4n) is 1.69. The Labute approximate surface area is 94.7 Å². The molecule has 1 atom stereocenters. The van der Waals surface area contributed by atoms with Gasteiger partial charge in [0.15, 0.2) is 0 Å². The maximum Gasteiger partial charge on any atom is -0.0142 e. The van der Waals surface area contributed by atoms with E-state index in [2.05, 4.69) is 65.8 Å². The lowest BCUT2D eigenvalue weighted by Crippen LogP contribution is -2.15. The van der Waals surface area contributed by atoms with Crippen molar-refractivity contribution in [2.24, 2.45) is 5.41 Å². The summed E-state index contributed by atoms with van der Waals surface area (Å²) in [5, 5.41) is 0. The van der Waals surface area contributed by atoms with Crippen LogP contribution in [0, 0.1) is 5.41 Å². The van der Waals surface area contributed by atoms with Crippen molar-refractivity contribution in [1.82, 2.24) is 0 Å². The molecule has 0 fully saturated rings. The Balaban J connectivity index is 3.00. The second-order valence-electron chi connectivity index (χ2n) is 5.91. The van der Waals surface area contributed by atoms with Crippen molar-refractivity contribution in [3.63, 3.8) is 0 Å². The molecule has 0 aliphatic heterocycles. The predicted molar refractivity (Wildman–Crippen MR) is 68.4 cm³/mol. The van der Waals surface area contributed by atoms with Gasteiger partial charge < -0.3 is 0 Å². The van der Waals surface area contributed by atoms with Gasteiger partial charge >= 0.3 is 0 Å². The molecular formula is C15H24. The molecule has 84 valence electrons. The zero-order valence-corrected chi connectivity index (χ0v) is 11.0. The van der Waals surface area contributed by atoms with Crippen molar-refractivity contribution in [3.05, 3.63) is 35.4 Å². The molecule has 0 saturated carbocycles. The van der Waals surface area contributed by atoms with Gasteiger partial charge in [-0.25, -0.2) is 0 Å². The van der Waals surface area contributed by atoms with Gasteiger partial charge in [0, 0.05) is 0 Å². The Morgan fingerprint density at radius 3 is 1.93 bits per heavy atom. The van der Waals surface area contributed by atoms with Crippen LogP contribution >= 0.6 is 0 Å². The van der Waals surface area contributed by atoms with Gasteiger partial charge in [0.05, 0.1) is 0 Å². The lowest BCUT2D eigenvalue weighted by Gasteiger charge is -2.28. The second-order valence-corrected chi connectivity index (χ2v) is 5.91. The van der Waals surface area contributed by atoms with Crippen LogP contribution in [0.1, 0.15) is 64.5 Å². The first-order chi connectivity index (χ1) is 6.82. The van der Waals surface area contributed by atoms with E-state index in [-0.39, 0.29) is 0 Å². The zero-order valence-electron chi connectivity index (χ0n) is 11.0. The Hall–Kier alpha value is -0.780. The van der Waals surface area contributed by atoms with E-state index >= 15 is 0 Å². The van der Waals surface area contributed by atoms with Crippen molar-refractivity contribution < 1.29 is 0 Å². The van der Waals surface area contributed by atoms with Gasteiger partial charge in [-0.1, -0.05) is 65.8 Å². The summed E-state index contributed by atoms with van der Waals surface area (Å²) in [5.41, 5.74) is 3.26. The van der Waals surface area contributed by atoms with E-state index in [1.54, 1.807) is 0 Å². The van der Waals surface area contributed by atoms with Crippen LogP contribution in [0.3, 0.4) is 0 Å². The molecule has 0 aromatic heterocycles. The lowest BCUT2D eigenvalue weighted by atomic mass is 9.77. The van der Waals surface area contributed by atoms with E-state index in [1.165, 1.54) is 11.1 Å². The highest BCUT2D eigenvalue weighted by Crippen LogP contribution is 2.35. The minimum atomic E-state index is 0.343. The van der Waals surface area contributed by atoms with Crippen molar-refractivity contribution in [1.29, 1.82) is 0 Å². The van der Waals surface area contributed by atoms with E-state index < -0.39 is 0 Å². The maximum atomic E-state index is 2.36. The van der Waals surface area contributed by atoms with Crippen molar-refractivity contribution in [2.45, 2.75) is 53.4 Å². The molecule has 15 heavy (non-hydrogen) atoms. The molecule has 0 nitrogen and oxygen atoms in total. The molecule has 0 N–H and O–H groups in total. The van der Waals surface area contributed by atoms with Gasteiger partial charge in [-0.05, 0) is 28.4 Å². The monoisotopic (exact) mass is 204 g/mol. The fourth-order valence-corrected chi connectivity index (χ4v) is 1.69. The molecule has 0 heteroatoms. The summed E-state index contributed by atoms with van der Waals surface area (Å²) in [6, 6.07) is 9.03. The summed E-state index contributed by atoms with van der Waals surface area (Å²) in [7, 11) is 0. The summed E-state index contributed by atoms with van der Waals surface area (Å²) >= 11 is 0. The van der Waals surface area contributed by atoms with Gasteiger partial charge in [0.1, 0.15) is 0 Å². The molecule has 0 aliphatic carbocycles. The average molecular weight is 204 g/mol. The topological polar surface area (TPSA) is 0 Å². The highest BCUT2D eigenvalue weighted by molar-refractivity contribution is 5.28. The quantitative estimate of drug-likeness (QED) is 0.638. The van der Waals surface area contributed by atoms with Gasteiger partial charge in [-0.2, -0.15) is 0 Å². The normalized spacial score (nSPS) is 14.3. The summed E-state index contributed by atoms with van der Waals surface area (Å²) in [4.78, 5) is 0. The van der Waals surface area contributed by atoms with Crippen molar-refractivity contribution in [3.8, 4) is 0 Å². The smallest absolute Gasteiger partial charge is 0.0142 e. The van der Waals surface area contributed by atoms with Crippen LogP contribution in [0.4, 0.5) is 0 Å². The SMILES string of the molecule is CC(C)c1cccc([C@H](C)C(C)(C)C)c1. The third-order valence-corrected chi connectivity index (χ3v) is 3.38. The molecule has 1 aromatic carbocycles. The third-order valence-electron chi connectivity index (χ3n) is 3.38. The molecule has 0 heterocycles. The van der Waals surface area contributed by atoms with Crippen molar-refractivity contribution >= 4 is 0 Å². The number of rotatable bonds is 2.